The fraction of sp³-hybridized carbons (Fsp3) is 0.722. The van der Waals surface area contributed by atoms with Gasteiger partial charge in [-0.2, -0.15) is 0 Å². The van der Waals surface area contributed by atoms with Crippen molar-refractivity contribution in [3.63, 3.8) is 0 Å². The van der Waals surface area contributed by atoms with Crippen LogP contribution in [0, 0.1) is 0 Å². The first-order chi connectivity index (χ1) is 13.1. The van der Waals surface area contributed by atoms with Gasteiger partial charge in [-0.25, -0.2) is 9.59 Å². The number of hydrogen-bond donors (Lipinski definition) is 1. The van der Waals surface area contributed by atoms with E-state index in [-0.39, 0.29) is 46.1 Å². The zero-order valence-electron chi connectivity index (χ0n) is 17.0. The Labute approximate surface area is 165 Å². The SMILES string of the molecule is COC(=O)/C=C/C(=O)OCCOCCOCCOC(=O)C[C@@H](O)C[N+](C)(C)C. The van der Waals surface area contributed by atoms with Gasteiger partial charge >= 0.3 is 17.9 Å². The summed E-state index contributed by atoms with van der Waals surface area (Å²) in [6, 6.07) is 0. The van der Waals surface area contributed by atoms with Gasteiger partial charge in [0, 0.05) is 12.2 Å². The van der Waals surface area contributed by atoms with Gasteiger partial charge in [0.1, 0.15) is 25.9 Å². The molecule has 0 saturated carbocycles. The fourth-order valence-electron chi connectivity index (χ4n) is 1.94. The standard InChI is InChI=1S/C18H32NO9/c1-19(2,3)14-15(20)13-18(23)28-12-10-26-8-7-25-9-11-27-17(22)6-5-16(21)24-4/h5-6,15,20H,7-14H2,1-4H3/q+1/b6-5+/t15-/m1/s1. The molecule has 0 spiro atoms. The first kappa shape index (κ1) is 26.0. The molecule has 0 aromatic heterocycles. The van der Waals surface area contributed by atoms with E-state index < -0.39 is 24.0 Å². The molecule has 0 aromatic rings. The largest absolute Gasteiger partial charge is 0.466 e. The lowest BCUT2D eigenvalue weighted by Gasteiger charge is -2.26. The van der Waals surface area contributed by atoms with Crippen LogP contribution >= 0.6 is 0 Å². The van der Waals surface area contributed by atoms with Crippen molar-refractivity contribution in [2.24, 2.45) is 0 Å². The van der Waals surface area contributed by atoms with Gasteiger partial charge in [-0.05, 0) is 0 Å². The molecule has 0 amide bonds. The number of nitrogens with zero attached hydrogens (tertiary/aromatic N) is 1. The maximum atomic E-state index is 11.6. The molecular formula is C18H32NO9+. The minimum atomic E-state index is -0.744. The number of carbonyl (C=O) groups excluding carboxylic acids is 3. The lowest BCUT2D eigenvalue weighted by molar-refractivity contribution is -0.873. The molecule has 0 fully saturated rings. The topological polar surface area (TPSA) is 118 Å². The van der Waals surface area contributed by atoms with Crippen LogP contribution < -0.4 is 0 Å². The van der Waals surface area contributed by atoms with Crippen LogP contribution in [0.5, 0.6) is 0 Å². The summed E-state index contributed by atoms with van der Waals surface area (Å²) in [7, 11) is 6.99. The van der Waals surface area contributed by atoms with Gasteiger partial charge in [-0.1, -0.05) is 0 Å². The minimum absolute atomic E-state index is 0.0393. The van der Waals surface area contributed by atoms with E-state index in [2.05, 4.69) is 4.74 Å². The van der Waals surface area contributed by atoms with E-state index in [9.17, 15) is 19.5 Å². The highest BCUT2D eigenvalue weighted by molar-refractivity contribution is 5.91. The molecule has 28 heavy (non-hydrogen) atoms. The van der Waals surface area contributed by atoms with Crippen molar-refractivity contribution in [2.45, 2.75) is 12.5 Å². The Hall–Kier alpha value is -2.01. The normalized spacial score (nSPS) is 12.6. The van der Waals surface area contributed by atoms with Crippen LogP contribution in [0.4, 0.5) is 0 Å². The summed E-state index contributed by atoms with van der Waals surface area (Å²) in [4.78, 5) is 33.5. The van der Waals surface area contributed by atoms with Crippen LogP contribution in [0.2, 0.25) is 0 Å². The van der Waals surface area contributed by atoms with E-state index in [0.29, 0.717) is 11.0 Å². The summed E-state index contributed by atoms with van der Waals surface area (Å²) in [5, 5.41) is 9.78. The van der Waals surface area contributed by atoms with Crippen molar-refractivity contribution in [2.75, 3.05) is 74.4 Å². The molecule has 0 saturated heterocycles. The van der Waals surface area contributed by atoms with Crippen LogP contribution in [0.1, 0.15) is 6.42 Å². The van der Waals surface area contributed by atoms with Crippen LogP contribution in [0.3, 0.4) is 0 Å². The summed E-state index contributed by atoms with van der Waals surface area (Å²) in [5.41, 5.74) is 0. The van der Waals surface area contributed by atoms with Crippen LogP contribution in [-0.2, 0) is 38.1 Å². The van der Waals surface area contributed by atoms with Crippen molar-refractivity contribution in [1.82, 2.24) is 0 Å². The smallest absolute Gasteiger partial charge is 0.331 e. The van der Waals surface area contributed by atoms with E-state index >= 15 is 0 Å². The molecule has 162 valence electrons. The quantitative estimate of drug-likeness (QED) is 0.124. The Bertz CT molecular complexity index is 500. The highest BCUT2D eigenvalue weighted by Gasteiger charge is 2.19. The maximum absolute atomic E-state index is 11.6. The monoisotopic (exact) mass is 406 g/mol. The number of methoxy groups -OCH3 is 1. The number of esters is 3. The van der Waals surface area contributed by atoms with E-state index in [1.807, 2.05) is 21.1 Å². The molecule has 0 heterocycles. The summed E-state index contributed by atoms with van der Waals surface area (Å²) < 4.78 is 25.1. The van der Waals surface area contributed by atoms with E-state index in [1.165, 1.54) is 7.11 Å². The van der Waals surface area contributed by atoms with Gasteiger partial charge in [0.15, 0.2) is 0 Å². The summed E-state index contributed by atoms with van der Waals surface area (Å²) in [6.45, 7) is 1.56. The Balaban J connectivity index is 3.51. The molecule has 0 radical (unpaired) electrons. The predicted octanol–water partition coefficient (Wildman–Crippen LogP) is -0.708. The second-order valence-corrected chi connectivity index (χ2v) is 6.80. The van der Waals surface area contributed by atoms with Crippen LogP contribution in [0.25, 0.3) is 0 Å². The number of likely N-dealkylation sites (N-methyl/N-ethyl adjacent to an activating group) is 1. The third-order valence-electron chi connectivity index (χ3n) is 3.05. The molecule has 0 aromatic carbocycles. The van der Waals surface area contributed by atoms with Crippen LogP contribution in [0.15, 0.2) is 12.2 Å². The number of aliphatic hydroxyl groups excluding tert-OH is 1. The Morgan fingerprint density at radius 3 is 1.89 bits per heavy atom. The molecule has 0 aliphatic carbocycles. The minimum Gasteiger partial charge on any atom is -0.466 e. The zero-order valence-corrected chi connectivity index (χ0v) is 17.0. The highest BCUT2D eigenvalue weighted by atomic mass is 16.6. The summed E-state index contributed by atoms with van der Waals surface area (Å²) in [5.74, 6) is -1.78. The van der Waals surface area contributed by atoms with Crippen molar-refractivity contribution in [3.8, 4) is 0 Å². The molecular weight excluding hydrogens is 374 g/mol. The van der Waals surface area contributed by atoms with E-state index in [0.717, 1.165) is 12.2 Å². The Morgan fingerprint density at radius 1 is 0.857 bits per heavy atom. The average molecular weight is 406 g/mol. The van der Waals surface area contributed by atoms with Crippen molar-refractivity contribution < 1.29 is 47.7 Å². The second-order valence-electron chi connectivity index (χ2n) is 6.80. The van der Waals surface area contributed by atoms with Gasteiger partial charge in [0.2, 0.25) is 0 Å². The van der Waals surface area contributed by atoms with Gasteiger partial charge in [-0.15, -0.1) is 0 Å². The first-order valence-electron chi connectivity index (χ1n) is 8.86. The molecule has 10 nitrogen and oxygen atoms in total. The highest BCUT2D eigenvalue weighted by Crippen LogP contribution is 2.01. The number of quaternary nitrogens is 1. The van der Waals surface area contributed by atoms with Gasteiger partial charge in [0.25, 0.3) is 0 Å². The molecule has 0 rings (SSSR count). The molecule has 10 heteroatoms. The third kappa shape index (κ3) is 17.4. The zero-order chi connectivity index (χ0) is 21.4. The van der Waals surface area contributed by atoms with E-state index in [4.69, 9.17) is 18.9 Å². The summed E-state index contributed by atoms with van der Waals surface area (Å²) in [6.07, 6.45) is 1.14. The number of hydrogen-bond acceptors (Lipinski definition) is 9. The lowest BCUT2D eigenvalue weighted by atomic mass is 10.2. The molecule has 0 bridgehead atoms. The van der Waals surface area contributed by atoms with Gasteiger partial charge < -0.3 is 33.3 Å². The first-order valence-corrected chi connectivity index (χ1v) is 8.86. The lowest BCUT2D eigenvalue weighted by Crippen LogP contribution is -2.42. The van der Waals surface area contributed by atoms with Crippen molar-refractivity contribution >= 4 is 17.9 Å². The number of ether oxygens (including phenoxy) is 5. The molecule has 1 atom stereocenters. The number of carbonyl (C=O) groups is 3. The summed E-state index contributed by atoms with van der Waals surface area (Å²) >= 11 is 0. The van der Waals surface area contributed by atoms with Gasteiger partial charge in [-0.3, -0.25) is 4.79 Å². The third-order valence-corrected chi connectivity index (χ3v) is 3.05. The number of rotatable bonds is 15. The van der Waals surface area contributed by atoms with Crippen LogP contribution in [-0.4, -0.2) is 108 Å². The molecule has 0 unspecified atom stereocenters. The molecule has 1 N–H and O–H groups in total. The fourth-order valence-corrected chi connectivity index (χ4v) is 1.94. The van der Waals surface area contributed by atoms with Crippen molar-refractivity contribution in [1.29, 1.82) is 0 Å². The molecule has 0 aliphatic rings. The van der Waals surface area contributed by atoms with E-state index in [1.54, 1.807) is 0 Å². The second kappa shape index (κ2) is 15.0. The number of aliphatic hydroxyl groups is 1. The van der Waals surface area contributed by atoms with Crippen molar-refractivity contribution in [3.05, 3.63) is 12.2 Å². The maximum Gasteiger partial charge on any atom is 0.331 e. The molecule has 0 aliphatic heterocycles. The Morgan fingerprint density at radius 2 is 1.36 bits per heavy atom. The average Bonchev–Trinajstić information content (AvgIpc) is 2.59. The van der Waals surface area contributed by atoms with Gasteiger partial charge in [0.05, 0.1) is 61.1 Å². The Kier molecular flexibility index (Phi) is 13.9. The predicted molar refractivity (Wildman–Crippen MR) is 98.2 cm³/mol.